The Hall–Kier alpha value is -3.73. The number of nitrogens with zero attached hydrogens (tertiary/aromatic N) is 1. The standard InChI is InChI=1S/C22H17F3N2O5S/c23-22(24,25)15-5-4-6-17(11-15)27(33(29,30)18-7-2-1-3-8-18)13-21(28)26-16-9-10-19-20(12-16)32-14-31-19/h1-12H,13-14H2,(H,26,28). The number of carbonyl (C=O) groups is 1. The summed E-state index contributed by atoms with van der Waals surface area (Å²) in [6, 6.07) is 15.5. The van der Waals surface area contributed by atoms with Crippen molar-refractivity contribution in [2.75, 3.05) is 23.0 Å². The van der Waals surface area contributed by atoms with Gasteiger partial charge in [-0.05, 0) is 42.5 Å². The SMILES string of the molecule is O=C(CN(c1cccc(C(F)(F)F)c1)S(=O)(=O)c1ccccc1)Nc1ccc2c(c1)OCO2. The zero-order valence-corrected chi connectivity index (χ0v) is 17.7. The molecule has 0 spiro atoms. The number of amides is 1. The third-order valence-corrected chi connectivity index (χ3v) is 6.52. The summed E-state index contributed by atoms with van der Waals surface area (Å²) in [6.07, 6.45) is -4.69. The van der Waals surface area contributed by atoms with E-state index in [9.17, 15) is 26.4 Å². The highest BCUT2D eigenvalue weighted by molar-refractivity contribution is 7.92. The Kier molecular flexibility index (Phi) is 5.90. The summed E-state index contributed by atoms with van der Waals surface area (Å²) in [5.41, 5.74) is -1.02. The molecule has 3 aromatic rings. The molecule has 1 heterocycles. The van der Waals surface area contributed by atoms with E-state index in [1.807, 2.05) is 0 Å². The minimum atomic E-state index is -4.69. The smallest absolute Gasteiger partial charge is 0.416 e. The lowest BCUT2D eigenvalue weighted by molar-refractivity contribution is -0.137. The van der Waals surface area contributed by atoms with Gasteiger partial charge in [-0.2, -0.15) is 13.2 Å². The van der Waals surface area contributed by atoms with Crippen LogP contribution in [0.5, 0.6) is 11.5 Å². The summed E-state index contributed by atoms with van der Waals surface area (Å²) >= 11 is 0. The van der Waals surface area contributed by atoms with Crippen LogP contribution in [0.15, 0.2) is 77.7 Å². The Balaban J connectivity index is 1.66. The van der Waals surface area contributed by atoms with Crippen LogP contribution in [0.25, 0.3) is 0 Å². The van der Waals surface area contributed by atoms with E-state index < -0.39 is 34.2 Å². The molecule has 33 heavy (non-hydrogen) atoms. The minimum absolute atomic E-state index is 0.0331. The number of nitrogens with one attached hydrogen (secondary N) is 1. The average molecular weight is 478 g/mol. The zero-order chi connectivity index (χ0) is 23.6. The van der Waals surface area contributed by atoms with Crippen LogP contribution in [0.2, 0.25) is 0 Å². The van der Waals surface area contributed by atoms with Crippen molar-refractivity contribution in [3.8, 4) is 11.5 Å². The van der Waals surface area contributed by atoms with E-state index in [0.717, 1.165) is 12.1 Å². The van der Waals surface area contributed by atoms with Gasteiger partial charge >= 0.3 is 6.18 Å². The quantitative estimate of drug-likeness (QED) is 0.572. The summed E-state index contributed by atoms with van der Waals surface area (Å²) < 4.78 is 77.3. The van der Waals surface area contributed by atoms with Gasteiger partial charge in [-0.1, -0.05) is 24.3 Å². The number of carbonyl (C=O) groups excluding carboxylic acids is 1. The van der Waals surface area contributed by atoms with E-state index >= 15 is 0 Å². The highest BCUT2D eigenvalue weighted by Gasteiger charge is 2.33. The highest BCUT2D eigenvalue weighted by atomic mass is 32.2. The second-order valence-corrected chi connectivity index (χ2v) is 8.85. The molecule has 0 aromatic heterocycles. The van der Waals surface area contributed by atoms with Crippen LogP contribution in [0.4, 0.5) is 24.5 Å². The van der Waals surface area contributed by atoms with E-state index in [1.54, 1.807) is 12.1 Å². The number of halogens is 3. The molecule has 1 amide bonds. The molecular weight excluding hydrogens is 461 g/mol. The van der Waals surface area contributed by atoms with Gasteiger partial charge in [0.2, 0.25) is 12.7 Å². The molecule has 1 N–H and O–H groups in total. The summed E-state index contributed by atoms with van der Waals surface area (Å²) in [6.45, 7) is -0.724. The molecule has 0 radical (unpaired) electrons. The number of hydrogen-bond donors (Lipinski definition) is 1. The molecule has 7 nitrogen and oxygen atoms in total. The van der Waals surface area contributed by atoms with Crippen molar-refractivity contribution in [3.05, 3.63) is 78.4 Å². The molecule has 0 fully saturated rings. The van der Waals surface area contributed by atoms with Crippen molar-refractivity contribution in [2.24, 2.45) is 0 Å². The van der Waals surface area contributed by atoms with Crippen LogP contribution < -0.4 is 19.1 Å². The van der Waals surface area contributed by atoms with Crippen molar-refractivity contribution in [2.45, 2.75) is 11.1 Å². The fraction of sp³-hybridized carbons (Fsp3) is 0.136. The Morgan fingerprint density at radius 2 is 1.67 bits per heavy atom. The molecule has 3 aromatic carbocycles. The summed E-state index contributed by atoms with van der Waals surface area (Å²) in [5, 5.41) is 2.54. The van der Waals surface area contributed by atoms with Crippen LogP contribution >= 0.6 is 0 Å². The monoisotopic (exact) mass is 478 g/mol. The molecular formula is C22H17F3N2O5S. The summed E-state index contributed by atoms with van der Waals surface area (Å²) in [5.74, 6) is 0.135. The normalized spacial score (nSPS) is 12.9. The number of sulfonamides is 1. The largest absolute Gasteiger partial charge is 0.454 e. The number of rotatable bonds is 6. The maximum atomic E-state index is 13.3. The lowest BCUT2D eigenvalue weighted by atomic mass is 10.2. The number of alkyl halides is 3. The predicted octanol–water partition coefficient (Wildman–Crippen LogP) is 4.27. The lowest BCUT2D eigenvalue weighted by Crippen LogP contribution is -2.38. The zero-order valence-electron chi connectivity index (χ0n) is 16.9. The van der Waals surface area contributed by atoms with Crippen LogP contribution in [-0.4, -0.2) is 27.7 Å². The molecule has 11 heteroatoms. The summed E-state index contributed by atoms with van der Waals surface area (Å²) in [7, 11) is -4.35. The number of benzene rings is 3. The molecule has 0 saturated carbocycles. The number of hydrogen-bond acceptors (Lipinski definition) is 5. The third-order valence-electron chi connectivity index (χ3n) is 4.74. The van der Waals surface area contributed by atoms with Gasteiger partial charge in [-0.15, -0.1) is 0 Å². The first-order chi connectivity index (χ1) is 15.6. The Morgan fingerprint density at radius 3 is 2.39 bits per heavy atom. The van der Waals surface area contributed by atoms with Gasteiger partial charge in [0.25, 0.3) is 10.0 Å². The molecule has 0 atom stereocenters. The van der Waals surface area contributed by atoms with Crippen molar-refractivity contribution < 1.29 is 35.9 Å². The molecule has 1 aliphatic rings. The van der Waals surface area contributed by atoms with Crippen molar-refractivity contribution in [1.29, 1.82) is 0 Å². The number of anilines is 2. The molecule has 1 aliphatic heterocycles. The number of ether oxygens (including phenoxy) is 2. The molecule has 0 bridgehead atoms. The van der Waals surface area contributed by atoms with Crippen LogP contribution in [0, 0.1) is 0 Å². The topological polar surface area (TPSA) is 84.9 Å². The Bertz CT molecular complexity index is 1280. The molecule has 4 rings (SSSR count). The van der Waals surface area contributed by atoms with Gasteiger partial charge in [-0.25, -0.2) is 8.42 Å². The minimum Gasteiger partial charge on any atom is -0.454 e. The van der Waals surface area contributed by atoms with Gasteiger partial charge in [0.05, 0.1) is 16.1 Å². The fourth-order valence-electron chi connectivity index (χ4n) is 3.18. The summed E-state index contributed by atoms with van der Waals surface area (Å²) in [4.78, 5) is 12.6. The van der Waals surface area contributed by atoms with Crippen LogP contribution in [0.1, 0.15) is 5.56 Å². The first-order valence-corrected chi connectivity index (χ1v) is 11.0. The first kappa shape index (κ1) is 22.5. The van der Waals surface area contributed by atoms with Gasteiger partial charge in [-0.3, -0.25) is 9.10 Å². The maximum absolute atomic E-state index is 13.3. The second kappa shape index (κ2) is 8.66. The Labute approximate surface area is 187 Å². The fourth-order valence-corrected chi connectivity index (χ4v) is 4.61. The van der Waals surface area contributed by atoms with Gasteiger partial charge in [0.15, 0.2) is 11.5 Å². The van der Waals surface area contributed by atoms with E-state index in [4.69, 9.17) is 9.47 Å². The van der Waals surface area contributed by atoms with Crippen LogP contribution in [0.3, 0.4) is 0 Å². The van der Waals surface area contributed by atoms with Gasteiger partial charge < -0.3 is 14.8 Å². The molecule has 172 valence electrons. The van der Waals surface area contributed by atoms with Gasteiger partial charge in [0.1, 0.15) is 6.54 Å². The predicted molar refractivity (Wildman–Crippen MR) is 114 cm³/mol. The third kappa shape index (κ3) is 4.87. The van der Waals surface area contributed by atoms with Crippen molar-refractivity contribution >= 4 is 27.3 Å². The van der Waals surface area contributed by atoms with E-state index in [1.165, 1.54) is 42.5 Å². The highest BCUT2D eigenvalue weighted by Crippen LogP contribution is 2.35. The van der Waals surface area contributed by atoms with Crippen molar-refractivity contribution in [1.82, 2.24) is 0 Å². The van der Waals surface area contributed by atoms with Crippen LogP contribution in [-0.2, 0) is 21.0 Å². The molecule has 0 saturated heterocycles. The Morgan fingerprint density at radius 1 is 0.939 bits per heavy atom. The van der Waals surface area contributed by atoms with Gasteiger partial charge in [0, 0.05) is 11.8 Å². The second-order valence-electron chi connectivity index (χ2n) is 6.99. The number of fused-ring (bicyclic) bond motifs is 1. The first-order valence-electron chi connectivity index (χ1n) is 9.59. The average Bonchev–Trinajstić information content (AvgIpc) is 3.25. The van der Waals surface area contributed by atoms with Crippen molar-refractivity contribution in [3.63, 3.8) is 0 Å². The van der Waals surface area contributed by atoms with E-state index in [2.05, 4.69) is 5.32 Å². The lowest BCUT2D eigenvalue weighted by Gasteiger charge is -2.25. The van der Waals surface area contributed by atoms with E-state index in [0.29, 0.717) is 27.6 Å². The molecule has 0 aliphatic carbocycles. The van der Waals surface area contributed by atoms with E-state index in [-0.39, 0.29) is 17.4 Å². The molecule has 0 unspecified atom stereocenters. The maximum Gasteiger partial charge on any atom is 0.416 e.